The molecule has 0 aliphatic heterocycles. The number of hydrogen-bond donors (Lipinski definition) is 1. The van der Waals surface area contributed by atoms with Crippen molar-refractivity contribution in [3.63, 3.8) is 0 Å². The molecular weight excluding hydrogens is 440 g/mol. The highest BCUT2D eigenvalue weighted by Crippen LogP contribution is 2.27. The minimum Gasteiger partial charge on any atom is -0.463 e. The maximum Gasteiger partial charge on any atom is 0.335 e. The highest BCUT2D eigenvalue weighted by atomic mass is 79.9. The zero-order chi connectivity index (χ0) is 16.3. The molecule has 22 heavy (non-hydrogen) atoms. The summed E-state index contributed by atoms with van der Waals surface area (Å²) in [5, 5.41) is -0.915. The van der Waals surface area contributed by atoms with Crippen LogP contribution in [0.15, 0.2) is 33.0 Å². The Balaban J connectivity index is 2.29. The maximum absolute atomic E-state index is 12.7. The number of nitrogens with one attached hydrogen (secondary N) is 1. The van der Waals surface area contributed by atoms with Gasteiger partial charge in [-0.15, -0.1) is 0 Å². The monoisotopic (exact) mass is 454 g/mol. The number of carbonyl (C=O) groups is 1. The van der Waals surface area contributed by atoms with Crippen LogP contribution in [0.4, 0.5) is 0 Å². The second-order valence-corrected chi connectivity index (χ2v) is 8.22. The number of hydrogen-bond acceptors (Lipinski definition) is 4. The summed E-state index contributed by atoms with van der Waals surface area (Å²) in [6, 6.07) is 3.41. The molecule has 9 heteroatoms. The Morgan fingerprint density at radius 1 is 1.41 bits per heavy atom. The Bertz CT molecular complexity index is 677. The largest absolute Gasteiger partial charge is 0.463 e. The van der Waals surface area contributed by atoms with Crippen LogP contribution in [-0.2, 0) is 19.6 Å². The van der Waals surface area contributed by atoms with Gasteiger partial charge in [-0.05, 0) is 70.2 Å². The number of esters is 1. The zero-order valence-electron chi connectivity index (χ0n) is 11.9. The fourth-order valence-electron chi connectivity index (χ4n) is 2.27. The number of carbonyl (C=O) groups excluding carboxylic acids is 1. The van der Waals surface area contributed by atoms with Gasteiger partial charge >= 0.3 is 5.97 Å². The molecule has 1 aromatic heterocycles. The Hall–Kier alpha value is -0.800. The summed E-state index contributed by atoms with van der Waals surface area (Å²) in [6.07, 6.45) is 3.43. The van der Waals surface area contributed by atoms with Crippen LogP contribution >= 0.6 is 31.9 Å². The summed E-state index contributed by atoms with van der Waals surface area (Å²) in [5.74, 6) is -0.566. The molecule has 0 saturated carbocycles. The molecular formula is C13H16Br2N2O4S. The molecule has 1 atom stereocenters. The first-order valence-electron chi connectivity index (χ1n) is 6.78. The molecule has 0 amide bonds. The van der Waals surface area contributed by atoms with Crippen LogP contribution in [0.25, 0.3) is 0 Å². The highest BCUT2D eigenvalue weighted by molar-refractivity contribution is 9.11. The second-order valence-electron chi connectivity index (χ2n) is 4.75. The quantitative estimate of drug-likeness (QED) is 0.692. The fraction of sp³-hybridized carbons (Fsp3) is 0.462. The predicted molar refractivity (Wildman–Crippen MR) is 90.5 cm³/mol. The van der Waals surface area contributed by atoms with E-state index in [9.17, 15) is 13.2 Å². The van der Waals surface area contributed by atoms with E-state index in [0.717, 1.165) is 0 Å². The fourth-order valence-corrected chi connectivity index (χ4v) is 5.14. The molecule has 1 aliphatic carbocycles. The summed E-state index contributed by atoms with van der Waals surface area (Å²) in [4.78, 5) is 14.5. The number of ether oxygens (including phenoxy) is 1. The van der Waals surface area contributed by atoms with Gasteiger partial charge in [-0.2, -0.15) is 0 Å². The molecule has 0 fully saturated rings. The molecule has 6 nitrogen and oxygen atoms in total. The number of nitrogens with zero attached hydrogens (tertiary/aromatic N) is 1. The van der Waals surface area contributed by atoms with Gasteiger partial charge < -0.3 is 4.74 Å². The Morgan fingerprint density at radius 2 is 2.05 bits per heavy atom. The third-order valence-electron chi connectivity index (χ3n) is 3.27. The molecule has 1 aliphatic rings. The van der Waals surface area contributed by atoms with Crippen molar-refractivity contribution in [2.75, 3.05) is 11.4 Å². The molecule has 1 aromatic rings. The molecule has 1 unspecified atom stereocenters. The zero-order valence-corrected chi connectivity index (χ0v) is 15.9. The molecule has 0 bridgehead atoms. The standard InChI is InChI=1S/C13H16Br2N2O4S/c1-2-21-13(18)9-5-3-4-6-10(9)22(19,20)16-17-11(14)7-8-12(17)15/h5,7-8,10,16H,2-4,6H2,1H3. The number of sulfonamides is 1. The van der Waals surface area contributed by atoms with Crippen molar-refractivity contribution in [3.05, 3.63) is 33.0 Å². The van der Waals surface area contributed by atoms with Crippen LogP contribution in [-0.4, -0.2) is 30.9 Å². The van der Waals surface area contributed by atoms with Crippen molar-refractivity contribution in [1.29, 1.82) is 0 Å². The van der Waals surface area contributed by atoms with Gasteiger partial charge in [0.1, 0.15) is 14.5 Å². The normalized spacial score (nSPS) is 18.7. The summed E-state index contributed by atoms with van der Waals surface area (Å²) < 4.78 is 32.7. The topological polar surface area (TPSA) is 77.4 Å². The van der Waals surface area contributed by atoms with Crippen LogP contribution in [0.1, 0.15) is 26.2 Å². The minimum atomic E-state index is -3.78. The lowest BCUT2D eigenvalue weighted by atomic mass is 9.99. The van der Waals surface area contributed by atoms with Crippen LogP contribution in [0.2, 0.25) is 0 Å². The molecule has 0 radical (unpaired) electrons. The second kappa shape index (κ2) is 7.18. The molecule has 0 aromatic carbocycles. The van der Waals surface area contributed by atoms with Gasteiger partial charge in [0.2, 0.25) is 0 Å². The Kier molecular flexibility index (Phi) is 5.73. The van der Waals surface area contributed by atoms with Crippen molar-refractivity contribution in [1.82, 2.24) is 4.68 Å². The predicted octanol–water partition coefficient (Wildman–Crippen LogP) is 2.93. The first-order chi connectivity index (χ1) is 10.4. The highest BCUT2D eigenvalue weighted by Gasteiger charge is 2.35. The number of allylic oxidation sites excluding steroid dienone is 1. The molecule has 0 saturated heterocycles. The lowest BCUT2D eigenvalue weighted by Crippen LogP contribution is -2.38. The van der Waals surface area contributed by atoms with Crippen LogP contribution in [0, 0.1) is 0 Å². The van der Waals surface area contributed by atoms with E-state index < -0.39 is 21.2 Å². The Labute approximate surface area is 146 Å². The van der Waals surface area contributed by atoms with Crippen LogP contribution in [0.5, 0.6) is 0 Å². The van der Waals surface area contributed by atoms with E-state index in [0.29, 0.717) is 28.5 Å². The molecule has 1 N–H and O–H groups in total. The van der Waals surface area contributed by atoms with Gasteiger partial charge in [-0.1, -0.05) is 6.08 Å². The first kappa shape index (κ1) is 17.6. The number of halogens is 2. The average Bonchev–Trinajstić information content (AvgIpc) is 2.79. The average molecular weight is 456 g/mol. The van der Waals surface area contributed by atoms with E-state index in [1.54, 1.807) is 25.1 Å². The summed E-state index contributed by atoms with van der Waals surface area (Å²) in [7, 11) is -3.78. The number of rotatable bonds is 5. The van der Waals surface area contributed by atoms with Crippen LogP contribution in [0.3, 0.4) is 0 Å². The smallest absolute Gasteiger partial charge is 0.335 e. The van der Waals surface area contributed by atoms with Gasteiger partial charge in [-0.25, -0.2) is 22.7 Å². The van der Waals surface area contributed by atoms with Gasteiger partial charge in [0.25, 0.3) is 10.0 Å². The summed E-state index contributed by atoms with van der Waals surface area (Å²) in [5.41, 5.74) is 0.208. The third kappa shape index (κ3) is 3.75. The van der Waals surface area contributed by atoms with Gasteiger partial charge in [0.15, 0.2) is 0 Å². The van der Waals surface area contributed by atoms with E-state index >= 15 is 0 Å². The molecule has 1 heterocycles. The number of aromatic nitrogens is 1. The first-order valence-corrected chi connectivity index (χ1v) is 9.91. The van der Waals surface area contributed by atoms with E-state index in [1.807, 2.05) is 0 Å². The molecule has 0 spiro atoms. The van der Waals surface area contributed by atoms with Crippen LogP contribution < -0.4 is 4.83 Å². The van der Waals surface area contributed by atoms with Gasteiger partial charge in [0.05, 0.1) is 12.2 Å². The van der Waals surface area contributed by atoms with Crippen molar-refractivity contribution in [3.8, 4) is 0 Å². The van der Waals surface area contributed by atoms with E-state index in [-0.39, 0.29) is 12.2 Å². The summed E-state index contributed by atoms with van der Waals surface area (Å²) in [6.45, 7) is 1.90. The van der Waals surface area contributed by atoms with Crippen molar-refractivity contribution >= 4 is 47.9 Å². The van der Waals surface area contributed by atoms with Gasteiger partial charge in [0, 0.05) is 0 Å². The molecule has 2 rings (SSSR count). The van der Waals surface area contributed by atoms with Crippen molar-refractivity contribution in [2.45, 2.75) is 31.4 Å². The summed E-state index contributed by atoms with van der Waals surface area (Å²) >= 11 is 6.52. The maximum atomic E-state index is 12.7. The SMILES string of the molecule is CCOC(=O)C1=CCCCC1S(=O)(=O)Nn1c(Br)ccc1Br. The minimum absolute atomic E-state index is 0.208. The van der Waals surface area contributed by atoms with E-state index in [4.69, 9.17) is 4.74 Å². The van der Waals surface area contributed by atoms with Crippen molar-refractivity contribution in [2.24, 2.45) is 0 Å². The van der Waals surface area contributed by atoms with E-state index in [1.165, 1.54) is 4.68 Å². The van der Waals surface area contributed by atoms with E-state index in [2.05, 4.69) is 36.7 Å². The van der Waals surface area contributed by atoms with Crippen molar-refractivity contribution < 1.29 is 17.9 Å². The lowest BCUT2D eigenvalue weighted by molar-refractivity contribution is -0.138. The third-order valence-corrected chi connectivity index (χ3v) is 6.19. The Morgan fingerprint density at radius 3 is 2.64 bits per heavy atom. The van der Waals surface area contributed by atoms with Gasteiger partial charge in [-0.3, -0.25) is 0 Å². The molecule has 122 valence electrons. The lowest BCUT2D eigenvalue weighted by Gasteiger charge is -2.24.